The van der Waals surface area contributed by atoms with Gasteiger partial charge in [0.25, 0.3) is 5.91 Å². The van der Waals surface area contributed by atoms with Gasteiger partial charge < -0.3 is 5.32 Å². The van der Waals surface area contributed by atoms with Crippen molar-refractivity contribution in [3.8, 4) is 0 Å². The molecule has 0 spiro atoms. The molecule has 0 radical (unpaired) electrons. The Bertz CT molecular complexity index is 359. The molecule has 2 nitrogen and oxygen atoms in total. The van der Waals surface area contributed by atoms with Gasteiger partial charge >= 0.3 is 0 Å². The molecule has 1 amide bonds. The van der Waals surface area contributed by atoms with Crippen LogP contribution in [0.1, 0.15) is 6.92 Å². The van der Waals surface area contributed by atoms with Crippen LogP contribution in [0, 0.1) is 0 Å². The van der Waals surface area contributed by atoms with E-state index in [-0.39, 0.29) is 5.91 Å². The van der Waals surface area contributed by atoms with Crippen LogP contribution in [0.3, 0.4) is 0 Å². The highest BCUT2D eigenvalue weighted by atomic mass is 79.9. The van der Waals surface area contributed by atoms with Crippen LogP contribution in [-0.2, 0) is 4.79 Å². The number of hydrogen-bond donors (Lipinski definition) is 1. The second-order valence-corrected chi connectivity index (χ2v) is 3.89. The summed E-state index contributed by atoms with van der Waals surface area (Å²) in [6.07, 6.45) is 1.69. The van der Waals surface area contributed by atoms with Crippen molar-refractivity contribution in [1.29, 1.82) is 0 Å². The molecule has 0 saturated carbocycles. The van der Waals surface area contributed by atoms with Crippen molar-refractivity contribution in [3.63, 3.8) is 0 Å². The molecular weight excluding hydrogens is 265 g/mol. The largest absolute Gasteiger partial charge is 0.322 e. The van der Waals surface area contributed by atoms with Gasteiger partial charge in [0.1, 0.15) is 0 Å². The number of anilines is 1. The number of nitrogens with one attached hydrogen (secondary N) is 1. The van der Waals surface area contributed by atoms with Gasteiger partial charge in [-0.05, 0) is 47.1 Å². The number of carbonyl (C=O) groups excluding carboxylic acids is 1. The third-order valence-electron chi connectivity index (χ3n) is 1.57. The Morgan fingerprint density at radius 3 is 2.50 bits per heavy atom. The Balaban J connectivity index is 2.70. The van der Waals surface area contributed by atoms with Gasteiger partial charge in [0.2, 0.25) is 0 Å². The molecule has 14 heavy (non-hydrogen) atoms. The summed E-state index contributed by atoms with van der Waals surface area (Å²) in [6, 6.07) is 6.94. The Hall–Kier alpha value is -0.800. The minimum absolute atomic E-state index is 0.171. The van der Waals surface area contributed by atoms with Crippen LogP contribution in [-0.4, -0.2) is 5.91 Å². The van der Waals surface area contributed by atoms with Gasteiger partial charge in [-0.2, -0.15) is 0 Å². The third kappa shape index (κ3) is 3.16. The van der Waals surface area contributed by atoms with Crippen LogP contribution in [0.4, 0.5) is 5.69 Å². The zero-order valence-corrected chi connectivity index (χ0v) is 9.89. The Kier molecular flexibility index (Phi) is 4.17. The third-order valence-corrected chi connectivity index (χ3v) is 2.64. The number of rotatable bonds is 2. The lowest BCUT2D eigenvalue weighted by Crippen LogP contribution is -2.10. The number of amides is 1. The molecule has 0 aliphatic carbocycles. The van der Waals surface area contributed by atoms with Crippen LogP contribution < -0.4 is 5.32 Å². The second kappa shape index (κ2) is 5.17. The molecule has 0 aliphatic heterocycles. The average Bonchev–Trinajstić information content (AvgIpc) is 2.20. The summed E-state index contributed by atoms with van der Waals surface area (Å²) in [5.74, 6) is -0.171. The molecule has 4 heteroatoms. The van der Waals surface area contributed by atoms with Crippen LogP contribution in [0.5, 0.6) is 0 Å². The topological polar surface area (TPSA) is 29.1 Å². The highest BCUT2D eigenvalue weighted by Gasteiger charge is 2.04. The molecule has 0 saturated heterocycles. The number of halogens is 2. The lowest BCUT2D eigenvalue weighted by Gasteiger charge is -2.03. The van der Waals surface area contributed by atoms with Crippen molar-refractivity contribution in [2.24, 2.45) is 0 Å². The minimum Gasteiger partial charge on any atom is -0.322 e. The van der Waals surface area contributed by atoms with E-state index in [1.165, 1.54) is 0 Å². The number of allylic oxidation sites excluding steroid dienone is 1. The summed E-state index contributed by atoms with van der Waals surface area (Å²) in [6.45, 7) is 1.78. The number of hydrogen-bond acceptors (Lipinski definition) is 1. The first-order chi connectivity index (χ1) is 6.63. The van der Waals surface area contributed by atoms with E-state index in [4.69, 9.17) is 11.6 Å². The molecule has 1 aromatic carbocycles. The van der Waals surface area contributed by atoms with Crippen LogP contribution in [0.15, 0.2) is 34.8 Å². The molecule has 1 N–H and O–H groups in total. The van der Waals surface area contributed by atoms with E-state index in [0.29, 0.717) is 9.51 Å². The monoisotopic (exact) mass is 273 g/mol. The maximum absolute atomic E-state index is 11.4. The number of carbonyl (C=O) groups is 1. The summed E-state index contributed by atoms with van der Waals surface area (Å²) >= 11 is 8.84. The molecule has 0 heterocycles. The van der Waals surface area contributed by atoms with Gasteiger partial charge in [-0.25, -0.2) is 0 Å². The fourth-order valence-corrected chi connectivity index (χ4v) is 1.08. The fraction of sp³-hybridized carbons (Fsp3) is 0.100. The Morgan fingerprint density at radius 2 is 2.00 bits per heavy atom. The Labute approximate surface area is 96.1 Å². The van der Waals surface area contributed by atoms with Gasteiger partial charge in [-0.1, -0.05) is 17.7 Å². The van der Waals surface area contributed by atoms with Gasteiger partial charge in [-0.3, -0.25) is 4.79 Å². The predicted molar refractivity (Wildman–Crippen MR) is 62.8 cm³/mol. The standard InChI is InChI=1S/C10H9BrClNO/c1-2-9(11)10(14)13-8-5-3-7(12)4-6-8/h2-6H,1H3,(H,13,14)/b9-2-. The maximum Gasteiger partial charge on any atom is 0.262 e. The summed E-state index contributed by atoms with van der Waals surface area (Å²) in [5.41, 5.74) is 0.721. The van der Waals surface area contributed by atoms with Crippen molar-refractivity contribution in [2.75, 3.05) is 5.32 Å². The van der Waals surface area contributed by atoms with E-state index >= 15 is 0 Å². The molecule has 0 fully saturated rings. The molecule has 74 valence electrons. The van der Waals surface area contributed by atoms with Crippen molar-refractivity contribution in [3.05, 3.63) is 39.8 Å². The average molecular weight is 275 g/mol. The van der Waals surface area contributed by atoms with Gasteiger partial charge in [0.15, 0.2) is 0 Å². The van der Waals surface area contributed by atoms with Crippen molar-refractivity contribution in [2.45, 2.75) is 6.92 Å². The van der Waals surface area contributed by atoms with E-state index in [1.54, 1.807) is 37.3 Å². The highest BCUT2D eigenvalue weighted by molar-refractivity contribution is 9.12. The molecular formula is C10H9BrClNO. The summed E-state index contributed by atoms with van der Waals surface area (Å²) in [5, 5.41) is 3.35. The summed E-state index contributed by atoms with van der Waals surface area (Å²) in [4.78, 5) is 11.4. The first kappa shape index (κ1) is 11.3. The van der Waals surface area contributed by atoms with Crippen LogP contribution in [0.25, 0.3) is 0 Å². The highest BCUT2D eigenvalue weighted by Crippen LogP contribution is 2.15. The molecule has 0 unspecified atom stereocenters. The zero-order chi connectivity index (χ0) is 10.6. The van der Waals surface area contributed by atoms with Crippen molar-refractivity contribution >= 4 is 39.1 Å². The first-order valence-electron chi connectivity index (χ1n) is 4.02. The molecule has 1 rings (SSSR count). The van der Waals surface area contributed by atoms with E-state index in [9.17, 15) is 4.79 Å². The quantitative estimate of drug-likeness (QED) is 0.821. The lowest BCUT2D eigenvalue weighted by atomic mass is 10.3. The normalized spacial score (nSPS) is 11.2. The molecule has 0 aromatic heterocycles. The Morgan fingerprint density at radius 1 is 1.43 bits per heavy atom. The molecule has 0 atom stereocenters. The minimum atomic E-state index is -0.171. The van der Waals surface area contributed by atoms with E-state index in [2.05, 4.69) is 21.2 Å². The predicted octanol–water partition coefficient (Wildman–Crippen LogP) is 3.58. The van der Waals surface area contributed by atoms with Crippen molar-refractivity contribution < 1.29 is 4.79 Å². The van der Waals surface area contributed by atoms with Crippen LogP contribution >= 0.6 is 27.5 Å². The van der Waals surface area contributed by atoms with E-state index in [0.717, 1.165) is 5.69 Å². The van der Waals surface area contributed by atoms with Gasteiger partial charge in [0, 0.05) is 10.7 Å². The van der Waals surface area contributed by atoms with Crippen LogP contribution in [0.2, 0.25) is 5.02 Å². The zero-order valence-electron chi connectivity index (χ0n) is 7.55. The second-order valence-electron chi connectivity index (χ2n) is 2.60. The van der Waals surface area contributed by atoms with Crippen molar-refractivity contribution in [1.82, 2.24) is 0 Å². The summed E-state index contributed by atoms with van der Waals surface area (Å²) in [7, 11) is 0. The lowest BCUT2D eigenvalue weighted by molar-refractivity contribution is -0.112. The smallest absolute Gasteiger partial charge is 0.262 e. The number of benzene rings is 1. The summed E-state index contributed by atoms with van der Waals surface area (Å²) < 4.78 is 0.507. The fourth-order valence-electron chi connectivity index (χ4n) is 0.855. The van der Waals surface area contributed by atoms with Gasteiger partial charge in [-0.15, -0.1) is 0 Å². The molecule has 0 bridgehead atoms. The SMILES string of the molecule is C/C=C(\Br)C(=O)Nc1ccc(Cl)cc1. The molecule has 0 aliphatic rings. The first-order valence-corrected chi connectivity index (χ1v) is 5.19. The van der Waals surface area contributed by atoms with Gasteiger partial charge in [0.05, 0.1) is 4.48 Å². The maximum atomic E-state index is 11.4. The van der Waals surface area contributed by atoms with E-state index in [1.807, 2.05) is 0 Å². The van der Waals surface area contributed by atoms with E-state index < -0.39 is 0 Å². The molecule has 1 aromatic rings.